The Labute approximate surface area is 155 Å². The minimum atomic E-state index is -2.89. The highest BCUT2D eigenvalue weighted by atomic mass is 19.3. The minimum absolute atomic E-state index is 0.0484. The summed E-state index contributed by atoms with van der Waals surface area (Å²) in [4.78, 5) is 4.37. The van der Waals surface area contributed by atoms with Gasteiger partial charge in [0.1, 0.15) is 12.4 Å². The molecule has 27 heavy (non-hydrogen) atoms. The quantitative estimate of drug-likeness (QED) is 0.601. The fraction of sp³-hybridized carbons (Fsp3) is 0.278. The van der Waals surface area contributed by atoms with Gasteiger partial charge in [0.15, 0.2) is 5.70 Å². The molecule has 7 nitrogen and oxygen atoms in total. The molecule has 1 aromatic carbocycles. The van der Waals surface area contributed by atoms with E-state index in [2.05, 4.69) is 15.3 Å². The molecule has 0 saturated heterocycles. The summed E-state index contributed by atoms with van der Waals surface area (Å²) in [6.07, 6.45) is 3.49. The molecular formula is C18H21F2N4O3+. The number of quaternary nitrogens is 1. The maximum absolute atomic E-state index is 12.5. The molecule has 1 aromatic heterocycles. The smallest absolute Gasteiger partial charge is 0.387 e. The Hall–Kier alpha value is -2.75. The van der Waals surface area contributed by atoms with Crippen LogP contribution in [0.2, 0.25) is 0 Å². The van der Waals surface area contributed by atoms with Crippen molar-refractivity contribution in [3.05, 3.63) is 54.0 Å². The van der Waals surface area contributed by atoms with Crippen molar-refractivity contribution >= 4 is 0 Å². The summed E-state index contributed by atoms with van der Waals surface area (Å²) in [6.45, 7) is -0.160. The average Bonchev–Trinajstić information content (AvgIpc) is 3.10. The van der Waals surface area contributed by atoms with Gasteiger partial charge >= 0.3 is 6.61 Å². The number of alkyl halides is 2. The van der Waals surface area contributed by atoms with Crippen LogP contribution < -0.4 is 20.4 Å². The maximum Gasteiger partial charge on any atom is 0.387 e. The first-order valence-electron chi connectivity index (χ1n) is 8.43. The van der Waals surface area contributed by atoms with Crippen molar-refractivity contribution in [2.45, 2.75) is 20.1 Å². The van der Waals surface area contributed by atoms with Crippen molar-refractivity contribution in [1.82, 2.24) is 15.5 Å². The third-order valence-electron chi connectivity index (χ3n) is 3.83. The topological polar surface area (TPSA) is 83.5 Å². The van der Waals surface area contributed by atoms with E-state index < -0.39 is 6.61 Å². The molecule has 0 fully saturated rings. The number of halogens is 2. The number of ether oxygens (including phenoxy) is 2. The van der Waals surface area contributed by atoms with Crippen molar-refractivity contribution in [2.24, 2.45) is 0 Å². The average molecular weight is 379 g/mol. The van der Waals surface area contributed by atoms with E-state index in [1.165, 1.54) is 12.1 Å². The molecule has 3 rings (SSSR count). The van der Waals surface area contributed by atoms with Crippen LogP contribution in [0.5, 0.6) is 11.6 Å². The molecule has 144 valence electrons. The maximum atomic E-state index is 12.5. The van der Waals surface area contributed by atoms with Crippen LogP contribution in [-0.2, 0) is 6.54 Å². The number of benzene rings is 1. The third kappa shape index (κ3) is 4.91. The van der Waals surface area contributed by atoms with Crippen LogP contribution in [0.15, 0.2) is 48.4 Å². The predicted molar refractivity (Wildman–Crippen MR) is 93.2 cm³/mol. The molecular weight excluding hydrogens is 358 g/mol. The first-order valence-corrected chi connectivity index (χ1v) is 8.43. The Morgan fingerprint density at radius 1 is 1.33 bits per heavy atom. The van der Waals surface area contributed by atoms with Crippen LogP contribution in [0, 0.1) is 0 Å². The Balaban J connectivity index is 1.89. The zero-order valence-electron chi connectivity index (χ0n) is 14.7. The largest absolute Gasteiger partial charge is 0.478 e. The van der Waals surface area contributed by atoms with Gasteiger partial charge < -0.3 is 14.6 Å². The van der Waals surface area contributed by atoms with Crippen molar-refractivity contribution in [3.8, 4) is 22.8 Å². The predicted octanol–water partition coefficient (Wildman–Crippen LogP) is 1.38. The van der Waals surface area contributed by atoms with Crippen molar-refractivity contribution in [3.63, 3.8) is 0 Å². The van der Waals surface area contributed by atoms with Gasteiger partial charge in [0.2, 0.25) is 5.88 Å². The van der Waals surface area contributed by atoms with E-state index in [-0.39, 0.29) is 12.4 Å². The normalized spacial score (nSPS) is 13.8. The SMILES string of the molecule is CCOc1ncc(CN2C=C(CO)[NH2+]N2)cc1-c1cccc(OC(F)F)c1. The molecule has 0 unspecified atom stereocenters. The van der Waals surface area contributed by atoms with Gasteiger partial charge in [-0.05, 0) is 36.2 Å². The molecule has 0 saturated carbocycles. The van der Waals surface area contributed by atoms with E-state index in [1.807, 2.05) is 18.0 Å². The van der Waals surface area contributed by atoms with Crippen LogP contribution in [0.1, 0.15) is 12.5 Å². The number of pyridine rings is 1. The van der Waals surface area contributed by atoms with Gasteiger partial charge in [-0.15, -0.1) is 0 Å². The second-order valence-corrected chi connectivity index (χ2v) is 5.80. The van der Waals surface area contributed by atoms with E-state index >= 15 is 0 Å². The molecule has 4 N–H and O–H groups in total. The zero-order valence-corrected chi connectivity index (χ0v) is 14.7. The second kappa shape index (κ2) is 8.76. The lowest BCUT2D eigenvalue weighted by atomic mass is 10.0. The lowest BCUT2D eigenvalue weighted by Crippen LogP contribution is -2.91. The van der Waals surface area contributed by atoms with Gasteiger partial charge in [0, 0.05) is 11.8 Å². The number of nitrogens with two attached hydrogens (primary N) is 1. The Kier molecular flexibility index (Phi) is 6.17. The van der Waals surface area contributed by atoms with Crippen LogP contribution in [0.3, 0.4) is 0 Å². The monoisotopic (exact) mass is 379 g/mol. The standard InChI is InChI=1S/C18H20F2N4O3/c1-2-26-17-16(13-4-3-5-15(7-13)27-18(19)20)6-12(8-21-17)9-24-10-14(11-25)22-23-24/h3-8,10,18,22-23,25H,2,9,11H2,1H3/p+1. The number of hydrogen-bond donors (Lipinski definition) is 3. The number of aliphatic hydroxyl groups is 1. The lowest BCUT2D eigenvalue weighted by molar-refractivity contribution is -0.679. The van der Waals surface area contributed by atoms with Crippen LogP contribution in [0.25, 0.3) is 11.1 Å². The molecule has 0 amide bonds. The molecule has 0 aliphatic carbocycles. The number of hydrazine groups is 1. The molecule has 0 bridgehead atoms. The molecule has 0 atom stereocenters. The van der Waals surface area contributed by atoms with Crippen molar-refractivity contribution in [2.75, 3.05) is 13.2 Å². The number of nitrogens with one attached hydrogen (secondary N) is 1. The summed E-state index contributed by atoms with van der Waals surface area (Å²) in [5.41, 5.74) is 7.74. The minimum Gasteiger partial charge on any atom is -0.478 e. The number of hydrogen-bond acceptors (Lipinski definition) is 6. The van der Waals surface area contributed by atoms with Crippen LogP contribution >= 0.6 is 0 Å². The Morgan fingerprint density at radius 3 is 2.89 bits per heavy atom. The Morgan fingerprint density at radius 2 is 2.19 bits per heavy atom. The van der Waals surface area contributed by atoms with Gasteiger partial charge in [0.05, 0.1) is 19.4 Å². The first-order chi connectivity index (χ1) is 13.1. The molecule has 2 heterocycles. The zero-order chi connectivity index (χ0) is 19.2. The van der Waals surface area contributed by atoms with E-state index in [0.29, 0.717) is 30.2 Å². The summed E-state index contributed by atoms with van der Waals surface area (Å²) >= 11 is 0. The summed E-state index contributed by atoms with van der Waals surface area (Å²) in [5, 5.41) is 11.0. The first kappa shape index (κ1) is 19.0. The number of rotatable bonds is 8. The molecule has 0 spiro atoms. The van der Waals surface area contributed by atoms with Gasteiger partial charge in [-0.25, -0.2) is 10.4 Å². The van der Waals surface area contributed by atoms with E-state index in [0.717, 1.165) is 11.3 Å². The Bertz CT molecular complexity index is 817. The van der Waals surface area contributed by atoms with E-state index in [9.17, 15) is 8.78 Å². The molecule has 2 aromatic rings. The number of aromatic nitrogens is 1. The van der Waals surface area contributed by atoms with Gasteiger partial charge in [-0.2, -0.15) is 8.78 Å². The van der Waals surface area contributed by atoms with Crippen LogP contribution in [-0.4, -0.2) is 34.9 Å². The highest BCUT2D eigenvalue weighted by molar-refractivity contribution is 5.70. The fourth-order valence-electron chi connectivity index (χ4n) is 2.70. The fourth-order valence-corrected chi connectivity index (χ4v) is 2.70. The van der Waals surface area contributed by atoms with Gasteiger partial charge in [0.25, 0.3) is 0 Å². The second-order valence-electron chi connectivity index (χ2n) is 5.80. The molecule has 1 aliphatic rings. The van der Waals surface area contributed by atoms with E-state index in [4.69, 9.17) is 9.84 Å². The van der Waals surface area contributed by atoms with Crippen molar-refractivity contribution < 1.29 is 28.8 Å². The van der Waals surface area contributed by atoms with E-state index in [1.54, 1.807) is 30.0 Å². The number of nitrogens with zero attached hydrogens (tertiary/aromatic N) is 2. The lowest BCUT2D eigenvalue weighted by Gasteiger charge is -2.15. The van der Waals surface area contributed by atoms with Crippen molar-refractivity contribution in [1.29, 1.82) is 0 Å². The molecule has 1 aliphatic heterocycles. The van der Waals surface area contributed by atoms with Gasteiger partial charge in [-0.1, -0.05) is 17.7 Å². The summed E-state index contributed by atoms with van der Waals surface area (Å²) in [6, 6.07) is 8.32. The van der Waals surface area contributed by atoms with Crippen LogP contribution in [0.4, 0.5) is 8.78 Å². The third-order valence-corrected chi connectivity index (χ3v) is 3.83. The highest BCUT2D eigenvalue weighted by Gasteiger charge is 2.17. The molecule has 9 heteroatoms. The highest BCUT2D eigenvalue weighted by Crippen LogP contribution is 2.32. The molecule has 0 radical (unpaired) electrons. The summed E-state index contributed by atoms with van der Waals surface area (Å²) in [7, 11) is 0. The van der Waals surface area contributed by atoms with Gasteiger partial charge in [-0.3, -0.25) is 5.01 Å². The number of aliphatic hydroxyl groups excluding tert-OH is 1. The summed E-state index contributed by atoms with van der Waals surface area (Å²) < 4.78 is 35.1. The summed E-state index contributed by atoms with van der Waals surface area (Å²) in [5.74, 6) is 0.490.